The van der Waals surface area contributed by atoms with Crippen LogP contribution in [0.2, 0.25) is 0 Å². The average Bonchev–Trinajstić information content (AvgIpc) is 3.05. The number of likely N-dealkylation sites (tertiary alicyclic amines) is 1. The summed E-state index contributed by atoms with van der Waals surface area (Å²) in [5.41, 5.74) is 0.940. The number of aromatic hydroxyl groups is 1. The van der Waals surface area contributed by atoms with Gasteiger partial charge in [0.15, 0.2) is 11.5 Å². The van der Waals surface area contributed by atoms with E-state index < -0.39 is 17.7 Å². The molecule has 1 heterocycles. The van der Waals surface area contributed by atoms with Crippen molar-refractivity contribution >= 4 is 17.4 Å². The van der Waals surface area contributed by atoms with Gasteiger partial charge in [-0.2, -0.15) is 0 Å². The number of carbonyl (C=O) groups excluding carboxylic acids is 2. The Morgan fingerprint density at radius 2 is 1.79 bits per heavy atom. The van der Waals surface area contributed by atoms with Crippen LogP contribution >= 0.6 is 0 Å². The number of ketones is 1. The maximum Gasteiger partial charge on any atom is 0.295 e. The first kappa shape index (κ1) is 25.1. The van der Waals surface area contributed by atoms with E-state index in [4.69, 9.17) is 9.47 Å². The molecule has 1 saturated heterocycles. The third-order valence-electron chi connectivity index (χ3n) is 5.56. The minimum absolute atomic E-state index is 0.00311. The maximum absolute atomic E-state index is 13.2. The van der Waals surface area contributed by atoms with E-state index in [0.717, 1.165) is 6.54 Å². The van der Waals surface area contributed by atoms with Gasteiger partial charge in [0.05, 0.1) is 24.8 Å². The van der Waals surface area contributed by atoms with E-state index in [9.17, 15) is 19.8 Å². The van der Waals surface area contributed by atoms with Crippen LogP contribution in [0.3, 0.4) is 0 Å². The van der Waals surface area contributed by atoms with Crippen LogP contribution in [0.4, 0.5) is 0 Å². The van der Waals surface area contributed by atoms with Crippen LogP contribution in [0, 0.1) is 0 Å². The van der Waals surface area contributed by atoms with Crippen LogP contribution in [-0.2, 0) is 9.59 Å². The third kappa shape index (κ3) is 5.34. The monoisotopic (exact) mass is 468 g/mol. The van der Waals surface area contributed by atoms with Gasteiger partial charge in [-0.05, 0) is 70.7 Å². The molecule has 2 N–H and O–H groups in total. The Bertz CT molecular complexity index is 1080. The average molecular weight is 469 g/mol. The van der Waals surface area contributed by atoms with Crippen molar-refractivity contribution in [3.63, 3.8) is 0 Å². The standard InChI is InChI=1S/C26H32N2O6/c1-5-33-19-10-7-9-18(15-19)24(30)22-23(17-11-12-20(29)21(16-17)34-6-2)28(26(32)25(22)31)14-8-13-27(3)4/h7,9-12,15-16,23,29-30H,5-6,8,13-14H2,1-4H3. The van der Waals surface area contributed by atoms with Crippen molar-refractivity contribution in [2.75, 3.05) is 40.4 Å². The number of Topliss-reactive ketones (excluding diaryl/α,β-unsaturated/α-hetero) is 1. The van der Waals surface area contributed by atoms with Crippen LogP contribution < -0.4 is 9.47 Å². The van der Waals surface area contributed by atoms with E-state index in [1.165, 1.54) is 11.0 Å². The molecule has 1 fully saturated rings. The minimum Gasteiger partial charge on any atom is -0.507 e. The van der Waals surface area contributed by atoms with E-state index in [1.54, 1.807) is 43.3 Å². The van der Waals surface area contributed by atoms with Gasteiger partial charge >= 0.3 is 0 Å². The number of aliphatic hydroxyl groups excluding tert-OH is 1. The number of hydrogen-bond donors (Lipinski definition) is 2. The SMILES string of the molecule is CCOc1cccc(C(O)=C2C(=O)C(=O)N(CCCN(C)C)C2c2ccc(O)c(OCC)c2)c1. The Kier molecular flexibility index (Phi) is 8.17. The molecule has 0 bridgehead atoms. The van der Waals surface area contributed by atoms with Crippen LogP contribution in [0.25, 0.3) is 5.76 Å². The lowest BCUT2D eigenvalue weighted by atomic mass is 9.95. The quantitative estimate of drug-likeness (QED) is 0.312. The van der Waals surface area contributed by atoms with Crippen LogP contribution in [0.15, 0.2) is 48.0 Å². The summed E-state index contributed by atoms with van der Waals surface area (Å²) in [6, 6.07) is 10.7. The molecule has 0 saturated carbocycles. The van der Waals surface area contributed by atoms with Gasteiger partial charge in [0.2, 0.25) is 0 Å². The number of aliphatic hydroxyl groups is 1. The number of phenols is 1. The molecule has 1 amide bonds. The van der Waals surface area contributed by atoms with Gasteiger partial charge in [0.1, 0.15) is 11.5 Å². The molecule has 1 atom stereocenters. The van der Waals surface area contributed by atoms with Crippen molar-refractivity contribution < 1.29 is 29.3 Å². The van der Waals surface area contributed by atoms with Gasteiger partial charge in [0.25, 0.3) is 11.7 Å². The second-order valence-corrected chi connectivity index (χ2v) is 8.27. The summed E-state index contributed by atoms with van der Waals surface area (Å²) in [7, 11) is 3.87. The second-order valence-electron chi connectivity index (χ2n) is 8.27. The number of nitrogens with zero attached hydrogens (tertiary/aromatic N) is 2. The summed E-state index contributed by atoms with van der Waals surface area (Å²) in [5, 5.41) is 21.4. The molecule has 8 nitrogen and oxygen atoms in total. The first-order valence-corrected chi connectivity index (χ1v) is 11.4. The zero-order chi connectivity index (χ0) is 24.8. The molecule has 182 valence electrons. The molecule has 2 aromatic carbocycles. The van der Waals surface area contributed by atoms with Crippen LogP contribution in [0.5, 0.6) is 17.2 Å². The number of rotatable bonds is 10. The molecule has 0 aliphatic carbocycles. The van der Waals surface area contributed by atoms with Crippen LogP contribution in [0.1, 0.15) is 37.4 Å². The van der Waals surface area contributed by atoms with E-state index >= 15 is 0 Å². The molecule has 2 aromatic rings. The number of hydrogen-bond acceptors (Lipinski definition) is 7. The Hall–Kier alpha value is -3.52. The number of phenolic OH excluding ortho intramolecular Hbond substituents is 1. The number of carbonyl (C=O) groups is 2. The Morgan fingerprint density at radius 1 is 1.06 bits per heavy atom. The van der Waals surface area contributed by atoms with Gasteiger partial charge in [-0.1, -0.05) is 18.2 Å². The second kappa shape index (κ2) is 11.1. The van der Waals surface area contributed by atoms with Gasteiger partial charge in [-0.3, -0.25) is 9.59 Å². The summed E-state index contributed by atoms with van der Waals surface area (Å²) in [4.78, 5) is 29.7. The zero-order valence-corrected chi connectivity index (χ0v) is 20.1. The highest BCUT2D eigenvalue weighted by Gasteiger charge is 2.46. The van der Waals surface area contributed by atoms with Crippen molar-refractivity contribution in [1.29, 1.82) is 0 Å². The minimum atomic E-state index is -0.822. The van der Waals surface area contributed by atoms with Gasteiger partial charge in [0, 0.05) is 12.1 Å². The molecule has 34 heavy (non-hydrogen) atoms. The van der Waals surface area contributed by atoms with Crippen molar-refractivity contribution in [3.8, 4) is 17.2 Å². The van der Waals surface area contributed by atoms with E-state index in [0.29, 0.717) is 43.1 Å². The first-order valence-electron chi connectivity index (χ1n) is 11.4. The van der Waals surface area contributed by atoms with Gasteiger partial charge in [-0.25, -0.2) is 0 Å². The van der Waals surface area contributed by atoms with E-state index in [-0.39, 0.29) is 22.8 Å². The molecule has 1 aliphatic rings. The fourth-order valence-electron chi connectivity index (χ4n) is 4.04. The Morgan fingerprint density at radius 3 is 2.47 bits per heavy atom. The highest BCUT2D eigenvalue weighted by Crippen LogP contribution is 2.42. The highest BCUT2D eigenvalue weighted by atomic mass is 16.5. The molecule has 8 heteroatoms. The maximum atomic E-state index is 13.2. The zero-order valence-electron chi connectivity index (χ0n) is 20.1. The van der Waals surface area contributed by atoms with Gasteiger partial charge in [-0.15, -0.1) is 0 Å². The fraction of sp³-hybridized carbons (Fsp3) is 0.385. The third-order valence-corrected chi connectivity index (χ3v) is 5.56. The first-order chi connectivity index (χ1) is 16.3. The molecular weight excluding hydrogens is 436 g/mol. The fourth-order valence-corrected chi connectivity index (χ4v) is 4.04. The number of benzene rings is 2. The number of ether oxygens (including phenoxy) is 2. The smallest absolute Gasteiger partial charge is 0.295 e. The Labute approximate surface area is 200 Å². The molecule has 0 aromatic heterocycles. The normalized spacial score (nSPS) is 17.4. The molecule has 1 unspecified atom stereocenters. The lowest BCUT2D eigenvalue weighted by Crippen LogP contribution is -2.32. The summed E-state index contributed by atoms with van der Waals surface area (Å²) >= 11 is 0. The molecule has 0 radical (unpaired) electrons. The van der Waals surface area contributed by atoms with Crippen molar-refractivity contribution in [2.24, 2.45) is 0 Å². The predicted molar refractivity (Wildman–Crippen MR) is 129 cm³/mol. The predicted octanol–water partition coefficient (Wildman–Crippen LogP) is 3.56. The number of amides is 1. The molecule has 0 spiro atoms. The summed E-state index contributed by atoms with van der Waals surface area (Å²) in [6.45, 7) is 5.50. The summed E-state index contributed by atoms with van der Waals surface area (Å²) < 4.78 is 11.0. The lowest BCUT2D eigenvalue weighted by Gasteiger charge is -2.26. The van der Waals surface area contributed by atoms with Crippen LogP contribution in [-0.4, -0.2) is 72.1 Å². The largest absolute Gasteiger partial charge is 0.507 e. The molecular formula is C26H32N2O6. The van der Waals surface area contributed by atoms with Crippen molar-refractivity contribution in [2.45, 2.75) is 26.3 Å². The van der Waals surface area contributed by atoms with Crippen molar-refractivity contribution in [3.05, 3.63) is 59.2 Å². The highest BCUT2D eigenvalue weighted by molar-refractivity contribution is 6.46. The van der Waals surface area contributed by atoms with E-state index in [1.807, 2.05) is 25.9 Å². The summed E-state index contributed by atoms with van der Waals surface area (Å²) in [6.07, 6.45) is 0.646. The van der Waals surface area contributed by atoms with Gasteiger partial charge < -0.3 is 29.5 Å². The van der Waals surface area contributed by atoms with E-state index in [2.05, 4.69) is 0 Å². The topological polar surface area (TPSA) is 99.5 Å². The van der Waals surface area contributed by atoms with Crippen molar-refractivity contribution in [1.82, 2.24) is 9.80 Å². The molecule has 1 aliphatic heterocycles. The lowest BCUT2D eigenvalue weighted by molar-refractivity contribution is -0.139. The molecule has 3 rings (SSSR count). The Balaban J connectivity index is 2.13. The summed E-state index contributed by atoms with van der Waals surface area (Å²) in [5.74, 6) is -0.938.